The molecule has 1 aromatic heterocycles. The molecule has 3 rings (SSSR count). The summed E-state index contributed by atoms with van der Waals surface area (Å²) >= 11 is 1.46. The Kier molecular flexibility index (Phi) is 5.28. The van der Waals surface area contributed by atoms with Crippen LogP contribution < -0.4 is 10.6 Å². The number of carbonyl (C=O) groups excluding carboxylic acids is 1. The summed E-state index contributed by atoms with van der Waals surface area (Å²) in [5.41, 5.74) is 2.71. The molecule has 2 aromatic rings. The van der Waals surface area contributed by atoms with Gasteiger partial charge in [0.15, 0.2) is 5.13 Å². The zero-order valence-corrected chi connectivity index (χ0v) is 14.9. The van der Waals surface area contributed by atoms with Gasteiger partial charge in [0.1, 0.15) is 0 Å². The number of hydrogen-bond donors (Lipinski definition) is 2. The van der Waals surface area contributed by atoms with Crippen LogP contribution >= 0.6 is 11.3 Å². The third-order valence-electron chi connectivity index (χ3n) is 4.53. The van der Waals surface area contributed by atoms with Crippen LogP contribution in [0, 0.1) is 12.3 Å². The van der Waals surface area contributed by atoms with Gasteiger partial charge < -0.3 is 15.4 Å². The number of thiazole rings is 1. The van der Waals surface area contributed by atoms with E-state index in [1.165, 1.54) is 16.9 Å². The number of ether oxygens (including phenoxy) is 1. The van der Waals surface area contributed by atoms with Crippen molar-refractivity contribution in [1.29, 1.82) is 0 Å². The SMILES string of the molecule is COCC1(C(=O)Nc2nc(-c3ccc(C)cc3)cs2)CCNCC1. The van der Waals surface area contributed by atoms with E-state index in [9.17, 15) is 4.79 Å². The number of benzene rings is 1. The van der Waals surface area contributed by atoms with E-state index in [1.54, 1.807) is 7.11 Å². The Balaban J connectivity index is 1.73. The summed E-state index contributed by atoms with van der Waals surface area (Å²) in [5.74, 6) is 0.00987. The normalized spacial score (nSPS) is 16.8. The number of piperidine rings is 1. The molecule has 0 saturated carbocycles. The van der Waals surface area contributed by atoms with E-state index in [2.05, 4.69) is 46.8 Å². The number of aryl methyl sites for hydroxylation is 1. The highest BCUT2D eigenvalue weighted by atomic mass is 32.1. The van der Waals surface area contributed by atoms with E-state index < -0.39 is 5.41 Å². The number of nitrogens with zero attached hydrogens (tertiary/aromatic N) is 1. The summed E-state index contributed by atoms with van der Waals surface area (Å²) in [6.07, 6.45) is 1.56. The van der Waals surface area contributed by atoms with Crippen molar-refractivity contribution in [3.8, 4) is 11.3 Å². The van der Waals surface area contributed by atoms with Crippen molar-refractivity contribution >= 4 is 22.4 Å². The number of amides is 1. The van der Waals surface area contributed by atoms with E-state index in [4.69, 9.17) is 4.74 Å². The molecule has 0 aliphatic carbocycles. The molecule has 0 bridgehead atoms. The predicted octanol–water partition coefficient (Wildman–Crippen LogP) is 3.07. The Morgan fingerprint density at radius 2 is 2.04 bits per heavy atom. The molecule has 0 atom stereocenters. The Labute approximate surface area is 146 Å². The quantitative estimate of drug-likeness (QED) is 0.874. The van der Waals surface area contributed by atoms with Crippen molar-refractivity contribution in [2.45, 2.75) is 19.8 Å². The molecule has 6 heteroatoms. The molecule has 1 aliphatic rings. The molecule has 128 valence electrons. The van der Waals surface area contributed by atoms with E-state index in [0.717, 1.165) is 37.2 Å². The molecule has 0 unspecified atom stereocenters. The number of methoxy groups -OCH3 is 1. The molecule has 2 heterocycles. The number of hydrogen-bond acceptors (Lipinski definition) is 5. The fraction of sp³-hybridized carbons (Fsp3) is 0.444. The van der Waals surface area contributed by atoms with Crippen LogP contribution in [0.15, 0.2) is 29.6 Å². The van der Waals surface area contributed by atoms with Crippen molar-refractivity contribution in [2.24, 2.45) is 5.41 Å². The number of anilines is 1. The molecule has 0 spiro atoms. The largest absolute Gasteiger partial charge is 0.384 e. The lowest BCUT2D eigenvalue weighted by Crippen LogP contribution is -2.47. The van der Waals surface area contributed by atoms with Crippen molar-refractivity contribution in [1.82, 2.24) is 10.3 Å². The second-order valence-electron chi connectivity index (χ2n) is 6.32. The second-order valence-corrected chi connectivity index (χ2v) is 7.18. The fourth-order valence-corrected chi connectivity index (χ4v) is 3.75. The van der Waals surface area contributed by atoms with Crippen LogP contribution in [0.4, 0.5) is 5.13 Å². The summed E-state index contributed by atoms with van der Waals surface area (Å²) in [4.78, 5) is 17.4. The molecule has 0 radical (unpaired) electrons. The lowest BCUT2D eigenvalue weighted by atomic mass is 9.79. The molecule has 1 aliphatic heterocycles. The monoisotopic (exact) mass is 345 g/mol. The van der Waals surface area contributed by atoms with Crippen molar-refractivity contribution < 1.29 is 9.53 Å². The first-order valence-electron chi connectivity index (χ1n) is 8.17. The fourth-order valence-electron chi connectivity index (χ4n) is 3.04. The molecular formula is C18H23N3O2S. The maximum Gasteiger partial charge on any atom is 0.234 e. The molecule has 1 saturated heterocycles. The van der Waals surface area contributed by atoms with Gasteiger partial charge in [-0.15, -0.1) is 11.3 Å². The zero-order valence-electron chi connectivity index (χ0n) is 14.1. The van der Waals surface area contributed by atoms with Crippen LogP contribution in [-0.2, 0) is 9.53 Å². The van der Waals surface area contributed by atoms with Gasteiger partial charge in [-0.1, -0.05) is 29.8 Å². The Hall–Kier alpha value is -1.76. The highest BCUT2D eigenvalue weighted by Crippen LogP contribution is 2.32. The Morgan fingerprint density at radius 3 is 2.71 bits per heavy atom. The average Bonchev–Trinajstić information content (AvgIpc) is 3.05. The summed E-state index contributed by atoms with van der Waals surface area (Å²) in [6.45, 7) is 4.17. The van der Waals surface area contributed by atoms with Crippen LogP contribution in [-0.4, -0.2) is 37.7 Å². The number of aromatic nitrogens is 1. The molecule has 5 nitrogen and oxygen atoms in total. The first-order valence-corrected chi connectivity index (χ1v) is 9.05. The lowest BCUT2D eigenvalue weighted by Gasteiger charge is -2.35. The van der Waals surface area contributed by atoms with Crippen LogP contribution in [0.25, 0.3) is 11.3 Å². The summed E-state index contributed by atoms with van der Waals surface area (Å²) < 4.78 is 5.32. The van der Waals surface area contributed by atoms with E-state index in [-0.39, 0.29) is 5.91 Å². The summed E-state index contributed by atoms with van der Waals surface area (Å²) in [6, 6.07) is 8.23. The minimum Gasteiger partial charge on any atom is -0.384 e. The first kappa shape index (κ1) is 17.1. The third-order valence-corrected chi connectivity index (χ3v) is 5.29. The van der Waals surface area contributed by atoms with Crippen LogP contribution in [0.3, 0.4) is 0 Å². The minimum atomic E-state index is -0.463. The first-order chi connectivity index (χ1) is 11.6. The maximum atomic E-state index is 12.8. The number of rotatable bonds is 5. The summed E-state index contributed by atoms with van der Waals surface area (Å²) in [5, 5.41) is 8.92. The number of nitrogens with one attached hydrogen (secondary N) is 2. The maximum absolute atomic E-state index is 12.8. The van der Waals surface area contributed by atoms with Crippen molar-refractivity contribution in [3.05, 3.63) is 35.2 Å². The van der Waals surface area contributed by atoms with Crippen LogP contribution in [0.1, 0.15) is 18.4 Å². The van der Waals surface area contributed by atoms with E-state index in [1.807, 2.05) is 5.38 Å². The Morgan fingerprint density at radius 1 is 1.33 bits per heavy atom. The second kappa shape index (κ2) is 7.42. The van der Waals surface area contributed by atoms with Crippen LogP contribution in [0.5, 0.6) is 0 Å². The van der Waals surface area contributed by atoms with E-state index >= 15 is 0 Å². The Bertz CT molecular complexity index is 685. The van der Waals surface area contributed by atoms with Gasteiger partial charge in [0.25, 0.3) is 0 Å². The highest BCUT2D eigenvalue weighted by Gasteiger charge is 2.40. The van der Waals surface area contributed by atoms with Crippen LogP contribution in [0.2, 0.25) is 0 Å². The molecule has 24 heavy (non-hydrogen) atoms. The topological polar surface area (TPSA) is 63.2 Å². The van der Waals surface area contributed by atoms with Gasteiger partial charge >= 0.3 is 0 Å². The van der Waals surface area contributed by atoms with Gasteiger partial charge in [0.2, 0.25) is 5.91 Å². The van der Waals surface area contributed by atoms with Crippen molar-refractivity contribution in [2.75, 3.05) is 32.1 Å². The van der Waals surface area contributed by atoms with Crippen molar-refractivity contribution in [3.63, 3.8) is 0 Å². The molecule has 1 aromatic carbocycles. The van der Waals surface area contributed by atoms with Gasteiger partial charge in [-0.05, 0) is 32.9 Å². The average molecular weight is 345 g/mol. The zero-order chi connectivity index (χ0) is 17.0. The molecule has 1 amide bonds. The van der Waals surface area contributed by atoms with Gasteiger partial charge in [0, 0.05) is 18.1 Å². The van der Waals surface area contributed by atoms with Gasteiger partial charge in [-0.25, -0.2) is 4.98 Å². The lowest BCUT2D eigenvalue weighted by molar-refractivity contribution is -0.130. The number of carbonyl (C=O) groups is 1. The van der Waals surface area contributed by atoms with Gasteiger partial charge in [0.05, 0.1) is 17.7 Å². The predicted molar refractivity (Wildman–Crippen MR) is 97.3 cm³/mol. The third kappa shape index (κ3) is 3.66. The standard InChI is InChI=1S/C18H23N3O2S/c1-13-3-5-14(6-4-13)15-11-24-17(20-15)21-16(22)18(12-23-2)7-9-19-10-8-18/h3-6,11,19H,7-10,12H2,1-2H3,(H,20,21,22). The van der Waals surface area contributed by atoms with E-state index in [0.29, 0.717) is 11.7 Å². The molecule has 2 N–H and O–H groups in total. The summed E-state index contributed by atoms with van der Waals surface area (Å²) in [7, 11) is 1.65. The van der Waals surface area contributed by atoms with Gasteiger partial charge in [-0.2, -0.15) is 0 Å². The van der Waals surface area contributed by atoms with Gasteiger partial charge in [-0.3, -0.25) is 4.79 Å². The smallest absolute Gasteiger partial charge is 0.234 e. The molecular weight excluding hydrogens is 322 g/mol. The minimum absolute atomic E-state index is 0.00987. The highest BCUT2D eigenvalue weighted by molar-refractivity contribution is 7.14. The molecule has 1 fully saturated rings.